The lowest BCUT2D eigenvalue weighted by molar-refractivity contribution is 0.851. The van der Waals surface area contributed by atoms with Crippen molar-refractivity contribution in [2.75, 3.05) is 18.0 Å². The molecule has 0 atom stereocenters. The zero-order chi connectivity index (χ0) is 13.1. The summed E-state index contributed by atoms with van der Waals surface area (Å²) in [6.07, 6.45) is 1.89. The summed E-state index contributed by atoms with van der Waals surface area (Å²) in [4.78, 5) is 10.1. The molecule has 1 aromatic carbocycles. The second-order valence-corrected chi connectivity index (χ2v) is 4.69. The lowest BCUT2D eigenvalue weighted by atomic mass is 10.1. The van der Waals surface area contributed by atoms with Crippen LogP contribution in [0.4, 0.5) is 5.82 Å². The highest BCUT2D eigenvalue weighted by Crippen LogP contribution is 2.25. The maximum Gasteiger partial charge on any atom is 0.139 e. The van der Waals surface area contributed by atoms with Crippen molar-refractivity contribution in [2.45, 2.75) is 20.8 Å². The second-order valence-electron chi connectivity index (χ2n) is 4.25. The molecule has 0 bridgehead atoms. The van der Waals surface area contributed by atoms with Gasteiger partial charge in [-0.05, 0) is 44.5 Å². The number of rotatable bonds is 4. The maximum absolute atomic E-state index is 5.97. The van der Waals surface area contributed by atoms with E-state index >= 15 is 0 Å². The number of H-pyrrole nitrogens is 1. The van der Waals surface area contributed by atoms with Crippen LogP contribution < -0.4 is 4.90 Å². The van der Waals surface area contributed by atoms with Gasteiger partial charge < -0.3 is 9.88 Å². The Hall–Kier alpha value is -1.48. The molecule has 0 spiro atoms. The van der Waals surface area contributed by atoms with E-state index in [2.05, 4.69) is 28.7 Å². The number of imidazole rings is 1. The minimum atomic E-state index is 0.756. The number of anilines is 1. The zero-order valence-corrected chi connectivity index (χ0v) is 11.8. The molecule has 0 amide bonds. The van der Waals surface area contributed by atoms with Crippen LogP contribution in [0.3, 0.4) is 0 Å². The fourth-order valence-corrected chi connectivity index (χ4v) is 2.29. The monoisotopic (exact) mass is 263 g/mol. The molecule has 1 aromatic heterocycles. The minimum absolute atomic E-state index is 0.756. The Balaban J connectivity index is 2.34. The molecule has 0 radical (unpaired) electrons. The summed E-state index contributed by atoms with van der Waals surface area (Å²) in [5.74, 6) is 1.95. The summed E-state index contributed by atoms with van der Waals surface area (Å²) < 4.78 is 0. The van der Waals surface area contributed by atoms with Crippen LogP contribution in [0.5, 0.6) is 0 Å². The zero-order valence-electron chi connectivity index (χ0n) is 11.0. The van der Waals surface area contributed by atoms with E-state index in [0.717, 1.165) is 40.9 Å². The average molecular weight is 264 g/mol. The molecule has 0 fully saturated rings. The lowest BCUT2D eigenvalue weighted by Crippen LogP contribution is -2.21. The van der Waals surface area contributed by atoms with Crippen LogP contribution in [0.2, 0.25) is 5.02 Å². The van der Waals surface area contributed by atoms with Gasteiger partial charge in [0, 0.05) is 23.7 Å². The molecule has 2 rings (SSSR count). The Morgan fingerprint density at radius 3 is 2.61 bits per heavy atom. The lowest BCUT2D eigenvalue weighted by Gasteiger charge is -2.17. The van der Waals surface area contributed by atoms with E-state index in [-0.39, 0.29) is 0 Å². The van der Waals surface area contributed by atoms with Crippen LogP contribution in [-0.4, -0.2) is 23.1 Å². The van der Waals surface area contributed by atoms with Crippen LogP contribution >= 0.6 is 11.6 Å². The third-order valence-electron chi connectivity index (χ3n) is 3.11. The number of nitrogens with zero attached hydrogens (tertiary/aromatic N) is 2. The molecule has 3 nitrogen and oxygen atoms in total. The Morgan fingerprint density at radius 2 is 2.00 bits per heavy atom. The molecule has 0 saturated carbocycles. The van der Waals surface area contributed by atoms with Crippen molar-refractivity contribution in [3.05, 3.63) is 35.0 Å². The van der Waals surface area contributed by atoms with Crippen LogP contribution in [0.1, 0.15) is 19.4 Å². The largest absolute Gasteiger partial charge is 0.357 e. The molecule has 1 heterocycles. The van der Waals surface area contributed by atoms with Gasteiger partial charge in [0.2, 0.25) is 0 Å². The van der Waals surface area contributed by atoms with E-state index in [1.807, 2.05) is 31.3 Å². The number of nitrogens with one attached hydrogen (secondary N) is 1. The van der Waals surface area contributed by atoms with Crippen LogP contribution in [0.15, 0.2) is 24.4 Å². The van der Waals surface area contributed by atoms with Gasteiger partial charge in [-0.15, -0.1) is 0 Å². The number of halogens is 1. The smallest absolute Gasteiger partial charge is 0.139 e. The first kappa shape index (κ1) is 13.0. The van der Waals surface area contributed by atoms with E-state index in [1.165, 1.54) is 0 Å². The quantitative estimate of drug-likeness (QED) is 0.908. The molecule has 96 valence electrons. The Labute approximate surface area is 113 Å². The van der Waals surface area contributed by atoms with Crippen LogP contribution in [0, 0.1) is 6.92 Å². The Kier molecular flexibility index (Phi) is 3.92. The number of aromatic nitrogens is 2. The van der Waals surface area contributed by atoms with Crippen molar-refractivity contribution in [3.8, 4) is 11.4 Å². The molecule has 0 aliphatic heterocycles. The first-order chi connectivity index (χ1) is 8.65. The summed E-state index contributed by atoms with van der Waals surface area (Å²) in [6, 6.07) is 5.85. The fourth-order valence-electron chi connectivity index (χ4n) is 2.07. The van der Waals surface area contributed by atoms with E-state index in [4.69, 9.17) is 11.6 Å². The molecular formula is C14H18ClN3. The van der Waals surface area contributed by atoms with E-state index in [9.17, 15) is 0 Å². The Bertz CT molecular complexity index is 530. The topological polar surface area (TPSA) is 31.9 Å². The predicted octanol–water partition coefficient (Wildman–Crippen LogP) is 3.88. The normalized spacial score (nSPS) is 10.7. The standard InChI is InChI=1S/C14H18ClN3/c1-4-18(5-2)13-9-16-14(17-13)12-7-6-11(15)8-10(12)3/h6-9H,4-5H2,1-3H3,(H,16,17). The molecule has 1 N–H and O–H groups in total. The van der Waals surface area contributed by atoms with Gasteiger partial charge in [0.25, 0.3) is 0 Å². The molecular weight excluding hydrogens is 246 g/mol. The number of hydrogen-bond donors (Lipinski definition) is 1. The summed E-state index contributed by atoms with van der Waals surface area (Å²) in [5, 5.41) is 0.756. The molecule has 4 heteroatoms. The van der Waals surface area contributed by atoms with E-state index < -0.39 is 0 Å². The van der Waals surface area contributed by atoms with Gasteiger partial charge in [0.05, 0.1) is 6.20 Å². The summed E-state index contributed by atoms with van der Waals surface area (Å²) in [7, 11) is 0. The maximum atomic E-state index is 5.97. The molecule has 0 aliphatic carbocycles. The van der Waals surface area contributed by atoms with Gasteiger partial charge in [0.1, 0.15) is 11.6 Å². The highest BCUT2D eigenvalue weighted by molar-refractivity contribution is 6.30. The average Bonchev–Trinajstić information content (AvgIpc) is 2.80. The van der Waals surface area contributed by atoms with Gasteiger partial charge in [-0.1, -0.05) is 11.6 Å². The van der Waals surface area contributed by atoms with E-state index in [1.54, 1.807) is 0 Å². The van der Waals surface area contributed by atoms with Crippen LogP contribution in [0.25, 0.3) is 11.4 Å². The fraction of sp³-hybridized carbons (Fsp3) is 0.357. The third kappa shape index (κ3) is 2.51. The molecule has 0 aliphatic rings. The predicted molar refractivity (Wildman–Crippen MR) is 77.3 cm³/mol. The molecule has 0 unspecified atom stereocenters. The first-order valence-electron chi connectivity index (χ1n) is 6.22. The van der Waals surface area contributed by atoms with Crippen molar-refractivity contribution in [1.29, 1.82) is 0 Å². The van der Waals surface area contributed by atoms with Gasteiger partial charge in [-0.3, -0.25) is 0 Å². The number of hydrogen-bond acceptors (Lipinski definition) is 2. The van der Waals surface area contributed by atoms with E-state index in [0.29, 0.717) is 0 Å². The molecule has 18 heavy (non-hydrogen) atoms. The summed E-state index contributed by atoms with van der Waals surface area (Å²) in [5.41, 5.74) is 2.22. The summed E-state index contributed by atoms with van der Waals surface area (Å²) in [6.45, 7) is 8.26. The van der Waals surface area contributed by atoms with Crippen molar-refractivity contribution < 1.29 is 0 Å². The summed E-state index contributed by atoms with van der Waals surface area (Å²) >= 11 is 5.97. The first-order valence-corrected chi connectivity index (χ1v) is 6.60. The van der Waals surface area contributed by atoms with Crippen molar-refractivity contribution in [2.24, 2.45) is 0 Å². The third-order valence-corrected chi connectivity index (χ3v) is 3.35. The molecule has 0 saturated heterocycles. The highest BCUT2D eigenvalue weighted by Gasteiger charge is 2.09. The van der Waals surface area contributed by atoms with Gasteiger partial charge >= 0.3 is 0 Å². The Morgan fingerprint density at radius 1 is 1.28 bits per heavy atom. The molecule has 2 aromatic rings. The van der Waals surface area contributed by atoms with Crippen molar-refractivity contribution in [1.82, 2.24) is 9.97 Å². The number of aryl methyl sites for hydroxylation is 1. The number of aromatic amines is 1. The van der Waals surface area contributed by atoms with Crippen LogP contribution in [-0.2, 0) is 0 Å². The van der Waals surface area contributed by atoms with Gasteiger partial charge in [-0.25, -0.2) is 4.98 Å². The number of benzene rings is 1. The van der Waals surface area contributed by atoms with Gasteiger partial charge in [0.15, 0.2) is 0 Å². The van der Waals surface area contributed by atoms with Crippen molar-refractivity contribution in [3.63, 3.8) is 0 Å². The SMILES string of the molecule is CCN(CC)c1cnc(-c2ccc(Cl)cc2C)[nH]1. The second kappa shape index (κ2) is 5.44. The van der Waals surface area contributed by atoms with Gasteiger partial charge in [-0.2, -0.15) is 0 Å². The van der Waals surface area contributed by atoms with Crippen molar-refractivity contribution >= 4 is 17.4 Å². The minimum Gasteiger partial charge on any atom is -0.357 e. The highest BCUT2D eigenvalue weighted by atomic mass is 35.5.